The molecule has 0 radical (unpaired) electrons. The van der Waals surface area contributed by atoms with E-state index >= 15 is 0 Å². The van der Waals surface area contributed by atoms with Crippen molar-refractivity contribution in [3.63, 3.8) is 0 Å². The average Bonchev–Trinajstić information content (AvgIpc) is 2.83. The fourth-order valence-corrected chi connectivity index (χ4v) is 1.89. The third kappa shape index (κ3) is 3.29. The number of aryl methyl sites for hydroxylation is 1. The summed E-state index contributed by atoms with van der Waals surface area (Å²) in [5, 5.41) is 3.14. The van der Waals surface area contributed by atoms with Crippen LogP contribution in [0.4, 0.5) is 5.82 Å². The number of hydrogen-bond donors (Lipinski definition) is 3. The second kappa shape index (κ2) is 5.80. The van der Waals surface area contributed by atoms with E-state index in [0.29, 0.717) is 9.39 Å². The Morgan fingerprint density at radius 3 is 3.00 bits per heavy atom. The van der Waals surface area contributed by atoms with Crippen LogP contribution in [0, 0.1) is 3.57 Å². The average molecular weight is 345 g/mol. The molecular formula is C10H12IN5O. The van der Waals surface area contributed by atoms with Crippen molar-refractivity contribution in [2.24, 2.45) is 0 Å². The van der Waals surface area contributed by atoms with Gasteiger partial charge in [0.15, 0.2) is 0 Å². The second-order valence-electron chi connectivity index (χ2n) is 3.46. The zero-order chi connectivity index (χ0) is 12.1. The summed E-state index contributed by atoms with van der Waals surface area (Å²) in [6, 6.07) is 0. The molecule has 7 heteroatoms. The third-order valence-corrected chi connectivity index (χ3v) is 3.23. The molecule has 0 amide bonds. The van der Waals surface area contributed by atoms with Crippen LogP contribution in [0.3, 0.4) is 0 Å². The van der Waals surface area contributed by atoms with E-state index in [-0.39, 0.29) is 5.56 Å². The number of imidazole rings is 1. The molecule has 0 aliphatic heterocycles. The van der Waals surface area contributed by atoms with E-state index in [1.165, 1.54) is 6.33 Å². The minimum atomic E-state index is -0.117. The molecule has 0 aromatic carbocycles. The molecule has 6 nitrogen and oxygen atoms in total. The maximum atomic E-state index is 11.3. The molecule has 2 rings (SSSR count). The lowest BCUT2D eigenvalue weighted by molar-refractivity contribution is 0.812. The summed E-state index contributed by atoms with van der Waals surface area (Å²) < 4.78 is 0.586. The molecule has 0 bridgehead atoms. The zero-order valence-corrected chi connectivity index (χ0v) is 11.2. The summed E-state index contributed by atoms with van der Waals surface area (Å²) in [7, 11) is 0. The molecule has 2 aromatic rings. The van der Waals surface area contributed by atoms with Gasteiger partial charge in [0.25, 0.3) is 5.56 Å². The Balaban J connectivity index is 1.82. The van der Waals surface area contributed by atoms with Crippen LogP contribution in [0.2, 0.25) is 0 Å². The molecule has 17 heavy (non-hydrogen) atoms. The Hall–Kier alpha value is -1.38. The molecule has 0 aliphatic carbocycles. The number of nitrogens with zero attached hydrogens (tertiary/aromatic N) is 2. The predicted molar refractivity (Wildman–Crippen MR) is 73.0 cm³/mol. The van der Waals surface area contributed by atoms with E-state index in [1.54, 1.807) is 6.20 Å². The Morgan fingerprint density at radius 1 is 1.35 bits per heavy atom. The fourth-order valence-electron chi connectivity index (χ4n) is 1.40. The first-order valence-electron chi connectivity index (χ1n) is 5.22. The fraction of sp³-hybridized carbons (Fsp3) is 0.300. The van der Waals surface area contributed by atoms with Gasteiger partial charge in [-0.05, 0) is 29.0 Å². The van der Waals surface area contributed by atoms with Gasteiger partial charge in [-0.1, -0.05) is 0 Å². The van der Waals surface area contributed by atoms with E-state index < -0.39 is 0 Å². The predicted octanol–water partition coefficient (Wildman–Crippen LogP) is 1.14. The van der Waals surface area contributed by atoms with Crippen molar-refractivity contribution in [2.75, 3.05) is 11.9 Å². The third-order valence-electron chi connectivity index (χ3n) is 2.23. The topological polar surface area (TPSA) is 86.5 Å². The minimum Gasteiger partial charge on any atom is -0.369 e. The second-order valence-corrected chi connectivity index (χ2v) is 4.54. The van der Waals surface area contributed by atoms with Gasteiger partial charge >= 0.3 is 0 Å². The van der Waals surface area contributed by atoms with Gasteiger partial charge < -0.3 is 15.3 Å². The van der Waals surface area contributed by atoms with Crippen LogP contribution in [-0.4, -0.2) is 26.5 Å². The summed E-state index contributed by atoms with van der Waals surface area (Å²) in [5.41, 5.74) is -0.117. The Kier molecular flexibility index (Phi) is 4.13. The monoisotopic (exact) mass is 345 g/mol. The quantitative estimate of drug-likeness (QED) is 0.560. The van der Waals surface area contributed by atoms with Crippen LogP contribution in [0.15, 0.2) is 23.5 Å². The maximum Gasteiger partial charge on any atom is 0.266 e. The number of rotatable bonds is 5. The molecule has 0 saturated carbocycles. The van der Waals surface area contributed by atoms with Crippen LogP contribution >= 0.6 is 22.6 Å². The van der Waals surface area contributed by atoms with Crippen LogP contribution in [-0.2, 0) is 6.42 Å². The van der Waals surface area contributed by atoms with Crippen molar-refractivity contribution in [1.82, 2.24) is 19.9 Å². The van der Waals surface area contributed by atoms with Crippen molar-refractivity contribution >= 4 is 28.4 Å². The van der Waals surface area contributed by atoms with Crippen molar-refractivity contribution in [2.45, 2.75) is 12.8 Å². The summed E-state index contributed by atoms with van der Waals surface area (Å²) in [5.74, 6) is 1.61. The molecule has 0 saturated heterocycles. The molecular weight excluding hydrogens is 333 g/mol. The maximum absolute atomic E-state index is 11.3. The lowest BCUT2D eigenvalue weighted by Gasteiger charge is -2.05. The lowest BCUT2D eigenvalue weighted by Crippen LogP contribution is -2.15. The van der Waals surface area contributed by atoms with Gasteiger partial charge in [-0.25, -0.2) is 9.97 Å². The van der Waals surface area contributed by atoms with E-state index in [2.05, 4.69) is 25.3 Å². The van der Waals surface area contributed by atoms with Gasteiger partial charge in [0.05, 0.1) is 6.33 Å². The number of aromatic nitrogens is 4. The van der Waals surface area contributed by atoms with Crippen LogP contribution < -0.4 is 10.9 Å². The standard InChI is InChI=1S/C10H12IN5O/c11-8-9(15-6-16-10(8)17)14-3-1-2-7-12-4-5-13-7/h4-6H,1-3H2,(H,12,13)(H2,14,15,16,17). The molecule has 0 aliphatic rings. The van der Waals surface area contributed by atoms with Gasteiger partial charge in [0, 0.05) is 25.4 Å². The normalized spacial score (nSPS) is 10.4. The molecule has 2 heterocycles. The number of aromatic amines is 2. The first kappa shape index (κ1) is 12.1. The highest BCUT2D eigenvalue weighted by molar-refractivity contribution is 14.1. The van der Waals surface area contributed by atoms with Crippen molar-refractivity contribution in [3.8, 4) is 0 Å². The number of H-pyrrole nitrogens is 2. The zero-order valence-electron chi connectivity index (χ0n) is 9.03. The number of nitrogens with one attached hydrogen (secondary N) is 3. The van der Waals surface area contributed by atoms with Gasteiger partial charge in [-0.3, -0.25) is 4.79 Å². The van der Waals surface area contributed by atoms with Gasteiger partial charge in [-0.15, -0.1) is 0 Å². The summed E-state index contributed by atoms with van der Waals surface area (Å²) in [6.07, 6.45) is 6.76. The van der Waals surface area contributed by atoms with E-state index in [0.717, 1.165) is 25.2 Å². The summed E-state index contributed by atoms with van der Waals surface area (Å²) in [6.45, 7) is 0.757. The molecule has 90 valence electrons. The van der Waals surface area contributed by atoms with Crippen LogP contribution in [0.5, 0.6) is 0 Å². The molecule has 2 aromatic heterocycles. The van der Waals surface area contributed by atoms with Crippen molar-refractivity contribution < 1.29 is 0 Å². The molecule has 0 fully saturated rings. The van der Waals surface area contributed by atoms with Gasteiger partial charge in [0.2, 0.25) is 0 Å². The lowest BCUT2D eigenvalue weighted by atomic mass is 10.3. The first-order chi connectivity index (χ1) is 8.27. The van der Waals surface area contributed by atoms with Crippen LogP contribution in [0.1, 0.15) is 12.2 Å². The largest absolute Gasteiger partial charge is 0.369 e. The number of halogens is 1. The minimum absolute atomic E-state index is 0.117. The molecule has 3 N–H and O–H groups in total. The summed E-state index contributed by atoms with van der Waals surface area (Å²) >= 11 is 1.98. The first-order valence-corrected chi connectivity index (χ1v) is 6.30. The Bertz CT molecular complexity index is 522. The van der Waals surface area contributed by atoms with Gasteiger partial charge in [-0.2, -0.15) is 0 Å². The van der Waals surface area contributed by atoms with Crippen LogP contribution in [0.25, 0.3) is 0 Å². The Morgan fingerprint density at radius 2 is 2.24 bits per heavy atom. The molecule has 0 atom stereocenters. The summed E-state index contributed by atoms with van der Waals surface area (Å²) in [4.78, 5) is 25.1. The highest BCUT2D eigenvalue weighted by atomic mass is 127. The SMILES string of the molecule is O=c1[nH]cnc(NCCCc2ncc[nH]2)c1I. The van der Waals surface area contributed by atoms with E-state index in [9.17, 15) is 4.79 Å². The van der Waals surface area contributed by atoms with Gasteiger partial charge in [0.1, 0.15) is 15.2 Å². The number of hydrogen-bond acceptors (Lipinski definition) is 4. The number of anilines is 1. The highest BCUT2D eigenvalue weighted by Gasteiger charge is 2.03. The van der Waals surface area contributed by atoms with E-state index in [4.69, 9.17) is 0 Å². The Labute approximate surface area is 111 Å². The van der Waals surface area contributed by atoms with E-state index in [1.807, 2.05) is 28.8 Å². The smallest absolute Gasteiger partial charge is 0.266 e. The molecule has 0 spiro atoms. The van der Waals surface area contributed by atoms with Crippen molar-refractivity contribution in [1.29, 1.82) is 0 Å². The molecule has 0 unspecified atom stereocenters. The highest BCUT2D eigenvalue weighted by Crippen LogP contribution is 2.08. The van der Waals surface area contributed by atoms with Crippen molar-refractivity contribution in [3.05, 3.63) is 38.5 Å².